The summed E-state index contributed by atoms with van der Waals surface area (Å²) < 4.78 is 15.9. The van der Waals surface area contributed by atoms with E-state index in [0.29, 0.717) is 17.1 Å². The molecule has 1 aliphatic rings. The van der Waals surface area contributed by atoms with Gasteiger partial charge in [-0.1, -0.05) is 0 Å². The molecule has 19 heavy (non-hydrogen) atoms. The number of benzene rings is 1. The van der Waals surface area contributed by atoms with E-state index in [-0.39, 0.29) is 11.8 Å². The van der Waals surface area contributed by atoms with Crippen LogP contribution in [0.15, 0.2) is 30.3 Å². The van der Waals surface area contributed by atoms with E-state index in [1.807, 2.05) is 6.08 Å². The van der Waals surface area contributed by atoms with E-state index >= 15 is 0 Å². The number of hydrogen-bond acceptors (Lipinski definition) is 6. The van der Waals surface area contributed by atoms with Crippen molar-refractivity contribution >= 4 is 37.4 Å². The average molecular weight is 359 g/mol. The van der Waals surface area contributed by atoms with Crippen molar-refractivity contribution in [3.63, 3.8) is 0 Å². The van der Waals surface area contributed by atoms with Crippen molar-refractivity contribution in [1.82, 2.24) is 13.3 Å². The Balaban J connectivity index is 1.97. The first-order chi connectivity index (χ1) is 9.26. The van der Waals surface area contributed by atoms with E-state index in [1.165, 1.54) is 7.11 Å². The molecule has 1 aromatic heterocycles. The van der Waals surface area contributed by atoms with E-state index in [4.69, 9.17) is 9.47 Å². The Morgan fingerprint density at radius 2 is 2.26 bits per heavy atom. The van der Waals surface area contributed by atoms with Gasteiger partial charge in [0.15, 0.2) is 0 Å². The first-order valence-corrected chi connectivity index (χ1v) is 9.16. The second-order valence-corrected chi connectivity index (χ2v) is 6.75. The van der Waals surface area contributed by atoms with Crippen molar-refractivity contribution in [3.05, 3.63) is 30.3 Å². The second kappa shape index (κ2) is 5.08. The first-order valence-electron chi connectivity index (χ1n) is 5.61. The number of allylic oxidation sites excluding steroid dienone is 1. The van der Waals surface area contributed by atoms with E-state index in [1.54, 1.807) is 18.3 Å². The van der Waals surface area contributed by atoms with Gasteiger partial charge >= 0.3 is 120 Å². The van der Waals surface area contributed by atoms with Gasteiger partial charge in [-0.05, 0) is 0 Å². The number of nitrogens with one attached hydrogen (secondary N) is 1. The van der Waals surface area contributed by atoms with Gasteiger partial charge in [0.2, 0.25) is 0 Å². The van der Waals surface area contributed by atoms with Crippen molar-refractivity contribution in [2.24, 2.45) is 0 Å². The molecule has 0 spiro atoms. The summed E-state index contributed by atoms with van der Waals surface area (Å²) in [5, 5.41) is 10.4. The number of phenolic OH excluding ortho intramolecular Hbond substituents is 1. The summed E-state index contributed by atoms with van der Waals surface area (Å²) in [6, 6.07) is 3.49. The predicted octanol–water partition coefficient (Wildman–Crippen LogP) is 0.589. The summed E-state index contributed by atoms with van der Waals surface area (Å²) in [7, 11) is 1.49. The molecular weight excluding hydrogens is 349 g/mol. The van der Waals surface area contributed by atoms with Crippen LogP contribution in [0.2, 0.25) is 0 Å². The second-order valence-electron chi connectivity index (χ2n) is 3.87. The van der Waals surface area contributed by atoms with Gasteiger partial charge in [-0.25, -0.2) is 0 Å². The van der Waals surface area contributed by atoms with Crippen LogP contribution in [-0.4, -0.2) is 48.7 Å². The van der Waals surface area contributed by atoms with Crippen molar-refractivity contribution in [2.45, 2.75) is 0 Å². The third kappa shape index (κ3) is 2.51. The number of methoxy groups -OCH3 is 1. The summed E-state index contributed by atoms with van der Waals surface area (Å²) in [5.41, 5.74) is 0.656. The molecule has 0 amide bonds. The normalized spacial score (nSPS) is 12.8. The van der Waals surface area contributed by atoms with Crippen LogP contribution in [0.3, 0.4) is 0 Å². The van der Waals surface area contributed by atoms with Gasteiger partial charge < -0.3 is 0 Å². The molecule has 0 radical (unpaired) electrons. The van der Waals surface area contributed by atoms with Crippen LogP contribution in [0, 0.1) is 0 Å². The molecule has 0 fully saturated rings. The fraction of sp³-hybridized carbons (Fsp3) is 0.0833. The van der Waals surface area contributed by atoms with E-state index < -0.39 is 22.7 Å². The molecule has 1 aliphatic heterocycles. The standard InChI is InChI=1S/C12H10N3O3.In/c1-3-11(13)18-12-14-6-7-4-9(16)10(17-2)5-8(7)15-12;/h1,3-6,13,16H,2H3;/q-1;+1. The topological polar surface area (TPSA) is 76.5 Å². The van der Waals surface area contributed by atoms with Crippen LogP contribution in [0.25, 0.3) is 10.9 Å². The van der Waals surface area contributed by atoms with Crippen LogP contribution in [0.4, 0.5) is 0 Å². The van der Waals surface area contributed by atoms with Crippen LogP contribution in [-0.2, 0) is 0 Å². The molecule has 0 bridgehead atoms. The third-order valence-electron chi connectivity index (χ3n) is 2.63. The Hall–Kier alpha value is -1.76. The SMILES string of the molecule is COc1cc2nc(OC3=C[CH]=[In][NH]3)ncc2cc1O. The Morgan fingerprint density at radius 3 is 3.00 bits per heavy atom. The van der Waals surface area contributed by atoms with Gasteiger partial charge in [0, 0.05) is 0 Å². The summed E-state index contributed by atoms with van der Waals surface area (Å²) in [5.74, 6) is 1.14. The molecule has 2 N–H and O–H groups in total. The number of ether oxygens (including phenoxy) is 2. The molecule has 94 valence electrons. The molecule has 7 heteroatoms. The molecule has 0 atom stereocenters. The number of hydrogen-bond donors (Lipinski definition) is 2. The van der Waals surface area contributed by atoms with Gasteiger partial charge in [-0.15, -0.1) is 0 Å². The Bertz CT molecular complexity index is 700. The molecule has 0 saturated carbocycles. The van der Waals surface area contributed by atoms with E-state index in [9.17, 15) is 5.11 Å². The van der Waals surface area contributed by atoms with E-state index in [0.717, 1.165) is 5.39 Å². The van der Waals surface area contributed by atoms with Gasteiger partial charge in [-0.3, -0.25) is 0 Å². The van der Waals surface area contributed by atoms with Gasteiger partial charge in [0.05, 0.1) is 0 Å². The summed E-state index contributed by atoms with van der Waals surface area (Å²) in [6.45, 7) is 0. The van der Waals surface area contributed by atoms with Crippen LogP contribution in [0.5, 0.6) is 17.5 Å². The number of phenols is 1. The summed E-state index contributed by atoms with van der Waals surface area (Å²) in [4.78, 5) is 8.40. The molecule has 6 nitrogen and oxygen atoms in total. The van der Waals surface area contributed by atoms with Gasteiger partial charge in [0.1, 0.15) is 0 Å². The van der Waals surface area contributed by atoms with Gasteiger partial charge in [-0.2, -0.15) is 0 Å². The predicted molar refractivity (Wildman–Crippen MR) is 71.4 cm³/mol. The zero-order valence-corrected chi connectivity index (χ0v) is 13.4. The maximum absolute atomic E-state index is 9.68. The number of nitrogens with zero attached hydrogens (tertiary/aromatic N) is 2. The number of rotatable bonds is 3. The van der Waals surface area contributed by atoms with Crippen molar-refractivity contribution in [1.29, 1.82) is 0 Å². The van der Waals surface area contributed by atoms with Crippen LogP contribution < -0.4 is 12.8 Å². The van der Waals surface area contributed by atoms with Crippen molar-refractivity contribution < 1.29 is 14.6 Å². The first kappa shape index (κ1) is 12.3. The Labute approximate surface area is 120 Å². The molecular formula is C12H10InN3O3. The third-order valence-corrected chi connectivity index (χ3v) is 5.02. The molecule has 3 rings (SSSR count). The zero-order valence-electron chi connectivity index (χ0n) is 10.1. The number of fused-ring (bicyclic) bond motifs is 1. The van der Waals surface area contributed by atoms with Gasteiger partial charge in [0.25, 0.3) is 0 Å². The quantitative estimate of drug-likeness (QED) is 0.836. The Kier molecular flexibility index (Phi) is 3.29. The minimum atomic E-state index is -0.790. The Morgan fingerprint density at radius 1 is 1.37 bits per heavy atom. The molecule has 0 unspecified atom stereocenters. The van der Waals surface area contributed by atoms with Crippen molar-refractivity contribution in [3.8, 4) is 17.5 Å². The molecule has 0 aliphatic carbocycles. The number of aromatic nitrogens is 2. The fourth-order valence-corrected chi connectivity index (χ4v) is 3.68. The van der Waals surface area contributed by atoms with Crippen molar-refractivity contribution in [2.75, 3.05) is 7.11 Å². The fourth-order valence-electron chi connectivity index (χ4n) is 1.72. The molecule has 1 aromatic carbocycles. The zero-order chi connectivity index (χ0) is 13.2. The van der Waals surface area contributed by atoms with Crippen LogP contribution in [0.1, 0.15) is 0 Å². The monoisotopic (exact) mass is 359 g/mol. The average Bonchev–Trinajstić information content (AvgIpc) is 2.91. The summed E-state index contributed by atoms with van der Waals surface area (Å²) >= 11 is -0.790. The van der Waals surface area contributed by atoms with Crippen LogP contribution >= 0.6 is 0 Å². The molecule has 2 aromatic rings. The molecule has 0 saturated heterocycles. The van der Waals surface area contributed by atoms with E-state index in [2.05, 4.69) is 17.0 Å². The number of aromatic hydroxyl groups is 1. The summed E-state index contributed by atoms with van der Waals surface area (Å²) in [6.07, 6.45) is 3.52. The minimum absolute atomic E-state index is 0.0650. The molecule has 2 heterocycles. The maximum atomic E-state index is 9.68.